The van der Waals surface area contributed by atoms with Gasteiger partial charge >= 0.3 is 0 Å². The van der Waals surface area contributed by atoms with E-state index >= 15 is 0 Å². The highest BCUT2D eigenvalue weighted by molar-refractivity contribution is 7.92. The van der Waals surface area contributed by atoms with Crippen molar-refractivity contribution in [2.24, 2.45) is 0 Å². The molecule has 0 saturated heterocycles. The molecule has 1 heterocycles. The highest BCUT2D eigenvalue weighted by Crippen LogP contribution is 2.25. The van der Waals surface area contributed by atoms with Crippen LogP contribution < -0.4 is 4.72 Å². The lowest BCUT2D eigenvalue weighted by atomic mass is 10.2. The van der Waals surface area contributed by atoms with Crippen LogP contribution in [0.1, 0.15) is 5.56 Å². The van der Waals surface area contributed by atoms with Crippen molar-refractivity contribution in [3.8, 4) is 0 Å². The molecule has 112 valence electrons. The van der Waals surface area contributed by atoms with Crippen molar-refractivity contribution in [2.75, 3.05) is 4.72 Å². The first-order valence-corrected chi connectivity index (χ1v) is 8.08. The van der Waals surface area contributed by atoms with Gasteiger partial charge in [-0.3, -0.25) is 9.71 Å². The summed E-state index contributed by atoms with van der Waals surface area (Å²) in [5, 5.41) is 0.832. The summed E-state index contributed by atoms with van der Waals surface area (Å²) in [5.41, 5.74) is 1.30. The van der Waals surface area contributed by atoms with Gasteiger partial charge in [-0.2, -0.15) is 0 Å². The van der Waals surface area contributed by atoms with Gasteiger partial charge in [0.05, 0.1) is 16.1 Å². The second-order valence-corrected chi connectivity index (χ2v) is 6.55. The number of benzene rings is 2. The van der Waals surface area contributed by atoms with Crippen LogP contribution in [0.3, 0.4) is 0 Å². The van der Waals surface area contributed by atoms with Gasteiger partial charge in [0.2, 0.25) is 0 Å². The van der Waals surface area contributed by atoms with E-state index in [1.54, 1.807) is 31.3 Å². The molecular formula is C16H13FN2O2S. The van der Waals surface area contributed by atoms with Crippen molar-refractivity contribution in [3.63, 3.8) is 0 Å². The molecule has 0 saturated carbocycles. The standard InChI is InChI=1S/C16H13FN2O2S/c1-11-10-13(17)7-8-15(11)22(20,21)19-14-6-2-4-12-5-3-9-18-16(12)14/h2-10,19H,1H3. The molecule has 2 aromatic carbocycles. The second-order valence-electron chi connectivity index (χ2n) is 4.90. The zero-order valence-corrected chi connectivity index (χ0v) is 12.6. The Morgan fingerprint density at radius 2 is 1.86 bits per heavy atom. The number of nitrogens with one attached hydrogen (secondary N) is 1. The predicted molar refractivity (Wildman–Crippen MR) is 83.7 cm³/mol. The summed E-state index contributed by atoms with van der Waals surface area (Å²) in [7, 11) is -3.81. The number of aromatic nitrogens is 1. The van der Waals surface area contributed by atoms with E-state index in [0.717, 1.165) is 11.5 Å². The third kappa shape index (κ3) is 2.65. The van der Waals surface area contributed by atoms with Crippen LogP contribution in [0.5, 0.6) is 0 Å². The van der Waals surface area contributed by atoms with Crippen LogP contribution in [0.4, 0.5) is 10.1 Å². The highest BCUT2D eigenvalue weighted by Gasteiger charge is 2.18. The van der Waals surface area contributed by atoms with Gasteiger partial charge in [-0.25, -0.2) is 12.8 Å². The minimum atomic E-state index is -3.81. The summed E-state index contributed by atoms with van der Waals surface area (Å²) in [6.07, 6.45) is 1.60. The van der Waals surface area contributed by atoms with Crippen LogP contribution in [0, 0.1) is 12.7 Å². The number of halogens is 1. The van der Waals surface area contributed by atoms with Crippen LogP contribution in [-0.4, -0.2) is 13.4 Å². The Morgan fingerprint density at radius 3 is 2.64 bits per heavy atom. The lowest BCUT2D eigenvalue weighted by Gasteiger charge is -2.12. The van der Waals surface area contributed by atoms with E-state index in [1.165, 1.54) is 12.1 Å². The van der Waals surface area contributed by atoms with E-state index in [4.69, 9.17) is 0 Å². The van der Waals surface area contributed by atoms with Crippen molar-refractivity contribution in [1.82, 2.24) is 4.98 Å². The largest absolute Gasteiger partial charge is 0.277 e. The first kappa shape index (κ1) is 14.5. The Bertz CT molecular complexity index is 950. The molecular weight excluding hydrogens is 303 g/mol. The zero-order valence-electron chi connectivity index (χ0n) is 11.7. The van der Waals surface area contributed by atoms with Gasteiger partial charge < -0.3 is 0 Å². The molecule has 0 radical (unpaired) electrons. The maximum Gasteiger partial charge on any atom is 0.262 e. The number of fused-ring (bicyclic) bond motifs is 1. The fourth-order valence-corrected chi connectivity index (χ4v) is 3.59. The Balaban J connectivity index is 2.07. The van der Waals surface area contributed by atoms with Crippen molar-refractivity contribution < 1.29 is 12.8 Å². The van der Waals surface area contributed by atoms with Gasteiger partial charge in [-0.1, -0.05) is 18.2 Å². The minimum absolute atomic E-state index is 0.0434. The number of para-hydroxylation sites is 1. The maximum atomic E-state index is 13.1. The van der Waals surface area contributed by atoms with Gasteiger partial charge in [0.15, 0.2) is 0 Å². The van der Waals surface area contributed by atoms with Gasteiger partial charge in [0, 0.05) is 11.6 Å². The van der Waals surface area contributed by atoms with E-state index in [2.05, 4.69) is 9.71 Å². The first-order valence-electron chi connectivity index (χ1n) is 6.60. The Labute approximate surface area is 127 Å². The average Bonchev–Trinajstić information content (AvgIpc) is 2.47. The van der Waals surface area contributed by atoms with E-state index in [1.807, 2.05) is 12.1 Å². The maximum absolute atomic E-state index is 13.1. The Kier molecular flexibility index (Phi) is 3.54. The average molecular weight is 316 g/mol. The fraction of sp³-hybridized carbons (Fsp3) is 0.0625. The molecule has 0 spiro atoms. The molecule has 0 amide bonds. The third-order valence-corrected chi connectivity index (χ3v) is 4.83. The van der Waals surface area contributed by atoms with Crippen LogP contribution in [0.25, 0.3) is 10.9 Å². The number of hydrogen-bond donors (Lipinski definition) is 1. The molecule has 1 aromatic heterocycles. The summed E-state index contributed by atoms with van der Waals surface area (Å²) in [4.78, 5) is 4.25. The van der Waals surface area contributed by atoms with Gasteiger partial charge in [-0.15, -0.1) is 0 Å². The van der Waals surface area contributed by atoms with Crippen LogP contribution in [-0.2, 0) is 10.0 Å². The number of anilines is 1. The topological polar surface area (TPSA) is 59.1 Å². The molecule has 22 heavy (non-hydrogen) atoms. The van der Waals surface area contributed by atoms with E-state index in [0.29, 0.717) is 16.8 Å². The quantitative estimate of drug-likeness (QED) is 0.805. The summed E-state index contributed by atoms with van der Waals surface area (Å²) in [5.74, 6) is -0.469. The van der Waals surface area contributed by atoms with Crippen LogP contribution in [0.15, 0.2) is 59.6 Å². The molecule has 0 unspecified atom stereocenters. The number of hydrogen-bond acceptors (Lipinski definition) is 3. The van der Waals surface area contributed by atoms with E-state index < -0.39 is 15.8 Å². The fourth-order valence-electron chi connectivity index (χ4n) is 2.30. The molecule has 4 nitrogen and oxygen atoms in total. The molecule has 0 aliphatic heterocycles. The summed E-state index contributed by atoms with van der Waals surface area (Å²) >= 11 is 0. The van der Waals surface area contributed by atoms with Gasteiger partial charge in [-0.05, 0) is 42.8 Å². The SMILES string of the molecule is Cc1cc(F)ccc1S(=O)(=O)Nc1cccc2cccnc12. The van der Waals surface area contributed by atoms with Crippen molar-refractivity contribution >= 4 is 26.6 Å². The molecule has 0 atom stereocenters. The summed E-state index contributed by atoms with van der Waals surface area (Å²) in [6, 6.07) is 12.5. The predicted octanol–water partition coefficient (Wildman–Crippen LogP) is 3.48. The lowest BCUT2D eigenvalue weighted by molar-refractivity contribution is 0.598. The molecule has 0 bridgehead atoms. The van der Waals surface area contributed by atoms with Gasteiger partial charge in [0.25, 0.3) is 10.0 Å². The highest BCUT2D eigenvalue weighted by atomic mass is 32.2. The number of sulfonamides is 1. The molecule has 0 aliphatic carbocycles. The Hall–Kier alpha value is -2.47. The summed E-state index contributed by atoms with van der Waals surface area (Å²) < 4.78 is 40.7. The lowest BCUT2D eigenvalue weighted by Crippen LogP contribution is -2.14. The molecule has 3 rings (SSSR count). The van der Waals surface area contributed by atoms with Crippen molar-refractivity contribution in [2.45, 2.75) is 11.8 Å². The molecule has 1 N–H and O–H groups in total. The van der Waals surface area contributed by atoms with E-state index in [9.17, 15) is 12.8 Å². The van der Waals surface area contributed by atoms with Crippen molar-refractivity contribution in [3.05, 3.63) is 66.1 Å². The monoisotopic (exact) mass is 316 g/mol. The van der Waals surface area contributed by atoms with Crippen LogP contribution in [0.2, 0.25) is 0 Å². The molecule has 0 aliphatic rings. The normalized spacial score (nSPS) is 11.5. The minimum Gasteiger partial charge on any atom is -0.277 e. The van der Waals surface area contributed by atoms with E-state index in [-0.39, 0.29) is 4.90 Å². The molecule has 3 aromatic rings. The smallest absolute Gasteiger partial charge is 0.262 e. The second kappa shape index (κ2) is 5.38. The Morgan fingerprint density at radius 1 is 1.09 bits per heavy atom. The number of nitrogens with zero attached hydrogens (tertiary/aromatic N) is 1. The van der Waals surface area contributed by atoms with Gasteiger partial charge in [0.1, 0.15) is 5.82 Å². The van der Waals surface area contributed by atoms with Crippen molar-refractivity contribution in [1.29, 1.82) is 0 Å². The number of pyridine rings is 1. The number of rotatable bonds is 3. The van der Waals surface area contributed by atoms with Crippen LogP contribution >= 0.6 is 0 Å². The zero-order chi connectivity index (χ0) is 15.7. The summed E-state index contributed by atoms with van der Waals surface area (Å²) in [6.45, 7) is 1.55. The number of aryl methyl sites for hydroxylation is 1. The third-order valence-electron chi connectivity index (χ3n) is 3.30. The first-order chi connectivity index (χ1) is 10.5. The molecule has 0 fully saturated rings. The molecule has 6 heteroatoms.